The quantitative estimate of drug-likeness (QED) is 0.275. The second-order valence-electron chi connectivity index (χ2n) is 3.48. The molecule has 0 heterocycles. The highest BCUT2D eigenvalue weighted by atomic mass is 32.1. The van der Waals surface area contributed by atoms with E-state index in [4.69, 9.17) is 10.1 Å². The van der Waals surface area contributed by atoms with E-state index in [0.717, 1.165) is 13.9 Å². The molecule has 3 unspecified atom stereocenters. The maximum atomic E-state index is 7.24. The van der Waals surface area contributed by atoms with Crippen LogP contribution in [0.15, 0.2) is 12.7 Å². The summed E-state index contributed by atoms with van der Waals surface area (Å²) in [5, 5.41) is 7.44. The minimum Gasteiger partial charge on any atom is -0.439 e. The molecule has 0 rings (SSSR count). The van der Waals surface area contributed by atoms with Crippen LogP contribution in [-0.2, 0) is 4.65 Å². The van der Waals surface area contributed by atoms with Gasteiger partial charge in [0.1, 0.15) is 0 Å². The second kappa shape index (κ2) is 8.12. The third-order valence-electron chi connectivity index (χ3n) is 2.36. The van der Waals surface area contributed by atoms with E-state index >= 15 is 0 Å². The van der Waals surface area contributed by atoms with Crippen LogP contribution < -0.4 is 0 Å². The molecule has 4 heteroatoms. The van der Waals surface area contributed by atoms with Crippen LogP contribution in [-0.4, -0.2) is 25.6 Å². The topological polar surface area (TPSA) is 33.1 Å². The van der Waals surface area contributed by atoms with Crippen LogP contribution in [0.4, 0.5) is 0 Å². The Morgan fingerprint density at radius 3 is 2.71 bits per heavy atom. The molecule has 0 aliphatic heterocycles. The average Bonchev–Trinajstić information content (AvgIpc) is 2.22. The molecule has 14 heavy (non-hydrogen) atoms. The van der Waals surface area contributed by atoms with E-state index < -0.39 is 0 Å². The van der Waals surface area contributed by atoms with Crippen molar-refractivity contribution in [3.05, 3.63) is 12.7 Å². The average molecular weight is 213 g/mol. The molecule has 0 fully saturated rings. The van der Waals surface area contributed by atoms with Crippen molar-refractivity contribution in [3.63, 3.8) is 0 Å². The van der Waals surface area contributed by atoms with Crippen LogP contribution in [0.25, 0.3) is 0 Å². The van der Waals surface area contributed by atoms with Crippen LogP contribution >= 0.6 is 12.6 Å². The lowest BCUT2D eigenvalue weighted by atomic mass is 9.90. The highest BCUT2D eigenvalue weighted by Crippen LogP contribution is 2.19. The Hall–Kier alpha value is -0.215. The number of thiol groups is 1. The molecule has 0 aliphatic carbocycles. The Kier molecular flexibility index (Phi) is 8.00. The first-order chi connectivity index (χ1) is 6.65. The van der Waals surface area contributed by atoms with Gasteiger partial charge in [0.05, 0.1) is 0 Å². The molecule has 0 amide bonds. The lowest BCUT2D eigenvalue weighted by molar-refractivity contribution is 0.231. The molecule has 1 N–H and O–H groups in total. The fourth-order valence-electron chi connectivity index (χ4n) is 1.25. The highest BCUT2D eigenvalue weighted by molar-refractivity contribution is 7.81. The van der Waals surface area contributed by atoms with E-state index in [1.54, 1.807) is 0 Å². The lowest BCUT2D eigenvalue weighted by Crippen LogP contribution is -2.22. The summed E-state index contributed by atoms with van der Waals surface area (Å²) in [5.74, 6) is 0.615. The largest absolute Gasteiger partial charge is 0.439 e. The van der Waals surface area contributed by atoms with Gasteiger partial charge in [-0.25, -0.2) is 0 Å². The van der Waals surface area contributed by atoms with E-state index in [1.807, 2.05) is 19.8 Å². The van der Waals surface area contributed by atoms with E-state index in [-0.39, 0.29) is 11.2 Å². The van der Waals surface area contributed by atoms with Gasteiger partial charge in [-0.2, -0.15) is 12.6 Å². The molecule has 0 saturated heterocycles. The predicted octanol–water partition coefficient (Wildman–Crippen LogP) is 2.18. The van der Waals surface area contributed by atoms with Crippen LogP contribution in [0.2, 0.25) is 6.82 Å². The Labute approximate surface area is 93.3 Å². The monoisotopic (exact) mass is 213 g/mol. The molecule has 0 aromatic rings. The fourth-order valence-corrected chi connectivity index (χ4v) is 1.52. The number of rotatable bonds is 8. The molecule has 0 aromatic heterocycles. The van der Waals surface area contributed by atoms with Gasteiger partial charge in [-0.05, 0) is 24.5 Å². The Morgan fingerprint density at radius 2 is 2.29 bits per heavy atom. The summed E-state index contributed by atoms with van der Waals surface area (Å²) in [6.45, 7) is 8.44. The minimum atomic E-state index is 0.197. The number of hydrogen-bond acceptors (Lipinski definition) is 3. The second-order valence-corrected chi connectivity index (χ2v) is 4.15. The molecule has 0 spiro atoms. The Bertz CT molecular complexity index is 178. The summed E-state index contributed by atoms with van der Waals surface area (Å²) in [6, 6.07) is 0. The number of nitrogens with one attached hydrogen (secondary N) is 1. The normalized spacial score (nSPS) is 16.8. The van der Waals surface area contributed by atoms with Crippen molar-refractivity contribution >= 4 is 26.3 Å². The van der Waals surface area contributed by atoms with Gasteiger partial charge in [0, 0.05) is 11.9 Å². The minimum absolute atomic E-state index is 0.197. The zero-order valence-electron chi connectivity index (χ0n) is 9.07. The molecule has 0 radical (unpaired) electrons. The van der Waals surface area contributed by atoms with Gasteiger partial charge < -0.3 is 10.1 Å². The van der Waals surface area contributed by atoms with Crippen molar-refractivity contribution in [2.75, 3.05) is 6.61 Å². The van der Waals surface area contributed by atoms with Crippen molar-refractivity contribution in [1.82, 2.24) is 0 Å². The smallest absolute Gasteiger partial charge is 0.271 e. The van der Waals surface area contributed by atoms with Crippen LogP contribution in [0.1, 0.15) is 13.3 Å². The van der Waals surface area contributed by atoms with E-state index in [2.05, 4.69) is 19.2 Å². The summed E-state index contributed by atoms with van der Waals surface area (Å²) in [7, 11) is 0.729. The van der Waals surface area contributed by atoms with E-state index in [0.29, 0.717) is 12.5 Å². The van der Waals surface area contributed by atoms with Crippen molar-refractivity contribution in [3.8, 4) is 0 Å². The van der Waals surface area contributed by atoms with Gasteiger partial charge in [-0.3, -0.25) is 0 Å². The van der Waals surface area contributed by atoms with Crippen molar-refractivity contribution in [1.29, 1.82) is 5.41 Å². The maximum Gasteiger partial charge on any atom is 0.271 e. The maximum absolute atomic E-state index is 7.24. The van der Waals surface area contributed by atoms with Crippen LogP contribution in [0.5, 0.6) is 0 Å². The molecule has 0 bridgehead atoms. The SMILES string of the molecule is C=CC(S)CC(COBC)C(C)C=N. The standard InChI is InChI=1S/C10H20BNOS/c1-4-10(14)5-9(7-13-11-3)8(2)6-12/h4,6,8-12,14H,1,5,7H2,2-3H3. The van der Waals surface area contributed by atoms with E-state index in [1.165, 1.54) is 6.21 Å². The van der Waals surface area contributed by atoms with Gasteiger partial charge in [-0.1, -0.05) is 19.8 Å². The molecular formula is C10H20BNOS. The molecule has 0 aromatic carbocycles. The Morgan fingerprint density at radius 1 is 1.64 bits per heavy atom. The van der Waals surface area contributed by atoms with Gasteiger partial charge in [-0.15, -0.1) is 6.58 Å². The molecule has 80 valence electrons. The molecular weight excluding hydrogens is 193 g/mol. The third kappa shape index (κ3) is 5.50. The lowest BCUT2D eigenvalue weighted by Gasteiger charge is -2.22. The van der Waals surface area contributed by atoms with E-state index in [9.17, 15) is 0 Å². The summed E-state index contributed by atoms with van der Waals surface area (Å²) < 4.78 is 5.39. The fraction of sp³-hybridized carbons (Fsp3) is 0.700. The first kappa shape index (κ1) is 13.8. The van der Waals surface area contributed by atoms with Crippen molar-refractivity contribution < 1.29 is 4.65 Å². The predicted molar refractivity (Wildman–Crippen MR) is 68.0 cm³/mol. The summed E-state index contributed by atoms with van der Waals surface area (Å²) in [5.41, 5.74) is 0. The number of hydrogen-bond donors (Lipinski definition) is 2. The summed E-state index contributed by atoms with van der Waals surface area (Å²) in [6.07, 6.45) is 4.23. The zero-order chi connectivity index (χ0) is 11.0. The highest BCUT2D eigenvalue weighted by Gasteiger charge is 2.17. The Balaban J connectivity index is 4.08. The van der Waals surface area contributed by atoms with Gasteiger partial charge in [0.2, 0.25) is 0 Å². The van der Waals surface area contributed by atoms with Gasteiger partial charge >= 0.3 is 0 Å². The van der Waals surface area contributed by atoms with Crippen molar-refractivity contribution in [2.45, 2.75) is 25.4 Å². The molecule has 2 nitrogen and oxygen atoms in total. The molecule has 3 atom stereocenters. The van der Waals surface area contributed by atoms with Crippen molar-refractivity contribution in [2.24, 2.45) is 11.8 Å². The zero-order valence-corrected chi connectivity index (χ0v) is 9.97. The van der Waals surface area contributed by atoms with Crippen LogP contribution in [0, 0.1) is 17.2 Å². The first-order valence-corrected chi connectivity index (χ1v) is 5.56. The first-order valence-electron chi connectivity index (χ1n) is 5.04. The van der Waals surface area contributed by atoms with Crippen LogP contribution in [0.3, 0.4) is 0 Å². The summed E-state index contributed by atoms with van der Waals surface area (Å²) >= 11 is 4.38. The van der Waals surface area contributed by atoms with Gasteiger partial charge in [0.15, 0.2) is 0 Å². The summed E-state index contributed by atoms with van der Waals surface area (Å²) in [4.78, 5) is 0. The molecule has 0 aliphatic rings. The van der Waals surface area contributed by atoms with Gasteiger partial charge in [0.25, 0.3) is 7.48 Å². The third-order valence-corrected chi connectivity index (χ3v) is 2.78. The molecule has 0 saturated carbocycles.